The normalized spacial score (nSPS) is 35.9. The molecule has 0 amide bonds. The van der Waals surface area contributed by atoms with Gasteiger partial charge in [0.2, 0.25) is 0 Å². The SMILES string of the molecule is O=c1ccn([C@]2(Cl)O[C@H](CO)[C@@H](O)[C@H]2O)c(=O)[nH]1. The Morgan fingerprint density at radius 1 is 1.50 bits per heavy atom. The number of rotatable bonds is 2. The number of hydrogen-bond acceptors (Lipinski definition) is 6. The van der Waals surface area contributed by atoms with E-state index in [0.717, 1.165) is 16.8 Å². The summed E-state index contributed by atoms with van der Waals surface area (Å²) in [5, 5.41) is 26.3. The molecule has 4 atom stereocenters. The molecule has 0 saturated carbocycles. The first kappa shape index (κ1) is 13.2. The lowest BCUT2D eigenvalue weighted by molar-refractivity contribution is -0.0883. The summed E-state index contributed by atoms with van der Waals surface area (Å²) in [7, 11) is 0. The molecule has 18 heavy (non-hydrogen) atoms. The summed E-state index contributed by atoms with van der Waals surface area (Å²) in [6, 6.07) is 1.01. The highest BCUT2D eigenvalue weighted by atomic mass is 35.5. The minimum absolute atomic E-state index is 0.579. The molecule has 1 aliphatic rings. The first-order valence-electron chi connectivity index (χ1n) is 5.06. The topological polar surface area (TPSA) is 125 Å². The van der Waals surface area contributed by atoms with Crippen molar-refractivity contribution in [2.75, 3.05) is 6.61 Å². The summed E-state index contributed by atoms with van der Waals surface area (Å²) in [5.41, 5.74) is -1.54. The van der Waals surface area contributed by atoms with Crippen molar-refractivity contribution in [2.45, 2.75) is 23.5 Å². The van der Waals surface area contributed by atoms with Gasteiger partial charge >= 0.3 is 5.69 Å². The number of nitrogens with zero attached hydrogens (tertiary/aromatic N) is 1. The van der Waals surface area contributed by atoms with Crippen molar-refractivity contribution in [3.05, 3.63) is 33.1 Å². The Kier molecular flexibility index (Phi) is 3.30. The Labute approximate surface area is 105 Å². The van der Waals surface area contributed by atoms with E-state index >= 15 is 0 Å². The van der Waals surface area contributed by atoms with E-state index in [0.29, 0.717) is 0 Å². The second-order valence-electron chi connectivity index (χ2n) is 3.86. The molecule has 1 aliphatic heterocycles. The number of aromatic nitrogens is 2. The zero-order chi connectivity index (χ0) is 13.5. The number of hydrogen-bond donors (Lipinski definition) is 4. The van der Waals surface area contributed by atoms with Crippen molar-refractivity contribution in [1.29, 1.82) is 0 Å². The lowest BCUT2D eigenvalue weighted by atomic mass is 10.1. The predicted octanol–water partition coefficient (Wildman–Crippen LogP) is -2.50. The van der Waals surface area contributed by atoms with E-state index in [4.69, 9.17) is 21.4 Å². The van der Waals surface area contributed by atoms with Crippen molar-refractivity contribution >= 4 is 11.6 Å². The van der Waals surface area contributed by atoms with Gasteiger partial charge in [0.15, 0.2) is 0 Å². The lowest BCUT2D eigenvalue weighted by Gasteiger charge is -2.26. The molecule has 1 saturated heterocycles. The summed E-state index contributed by atoms with van der Waals surface area (Å²) < 4.78 is 5.82. The summed E-state index contributed by atoms with van der Waals surface area (Å²) in [4.78, 5) is 24.4. The molecular formula is C9H11ClN2O6. The second kappa shape index (κ2) is 4.48. The Hall–Kier alpha value is -1.19. The Bertz CT molecular complexity index is 556. The molecule has 0 aromatic carbocycles. The van der Waals surface area contributed by atoms with Crippen LogP contribution in [-0.4, -0.2) is 49.8 Å². The molecule has 4 N–H and O–H groups in total. The van der Waals surface area contributed by atoms with Crippen LogP contribution < -0.4 is 11.2 Å². The molecule has 8 nitrogen and oxygen atoms in total. The van der Waals surface area contributed by atoms with Crippen LogP contribution in [0.1, 0.15) is 0 Å². The van der Waals surface area contributed by atoms with Crippen molar-refractivity contribution in [2.24, 2.45) is 0 Å². The zero-order valence-corrected chi connectivity index (χ0v) is 9.74. The number of ether oxygens (including phenoxy) is 1. The fourth-order valence-electron chi connectivity index (χ4n) is 1.77. The number of aliphatic hydroxyl groups is 3. The van der Waals surface area contributed by atoms with Gasteiger partial charge in [0.1, 0.15) is 18.3 Å². The first-order valence-corrected chi connectivity index (χ1v) is 5.44. The van der Waals surface area contributed by atoms with Crippen molar-refractivity contribution in [1.82, 2.24) is 9.55 Å². The lowest BCUT2D eigenvalue weighted by Crippen LogP contribution is -2.47. The van der Waals surface area contributed by atoms with E-state index in [9.17, 15) is 19.8 Å². The second-order valence-corrected chi connectivity index (χ2v) is 4.41. The van der Waals surface area contributed by atoms with Gasteiger partial charge in [-0.05, 0) is 0 Å². The van der Waals surface area contributed by atoms with E-state index in [1.165, 1.54) is 0 Å². The number of aliphatic hydroxyl groups excluding tert-OH is 3. The van der Waals surface area contributed by atoms with E-state index in [-0.39, 0.29) is 0 Å². The molecule has 0 aliphatic carbocycles. The Morgan fingerprint density at radius 3 is 2.67 bits per heavy atom. The molecule has 0 spiro atoms. The van der Waals surface area contributed by atoms with Crippen molar-refractivity contribution in [3.63, 3.8) is 0 Å². The molecule has 2 heterocycles. The van der Waals surface area contributed by atoms with Gasteiger partial charge in [-0.2, -0.15) is 0 Å². The number of alkyl halides is 1. The summed E-state index contributed by atoms with van der Waals surface area (Å²) >= 11 is 5.97. The van der Waals surface area contributed by atoms with Crippen LogP contribution in [0.2, 0.25) is 0 Å². The molecule has 2 rings (SSSR count). The average molecular weight is 279 g/mol. The quantitative estimate of drug-likeness (QED) is 0.443. The highest BCUT2D eigenvalue weighted by Crippen LogP contribution is 2.37. The minimum atomic E-state index is -2.08. The zero-order valence-electron chi connectivity index (χ0n) is 8.99. The maximum Gasteiger partial charge on any atom is 0.331 e. The molecule has 0 unspecified atom stereocenters. The van der Waals surface area contributed by atoms with Gasteiger partial charge < -0.3 is 20.1 Å². The molecule has 100 valence electrons. The third kappa shape index (κ3) is 1.88. The largest absolute Gasteiger partial charge is 0.394 e. The van der Waals surface area contributed by atoms with E-state index in [1.807, 2.05) is 4.98 Å². The predicted molar refractivity (Wildman–Crippen MR) is 59.1 cm³/mol. The number of nitrogens with one attached hydrogen (secondary N) is 1. The Balaban J connectivity index is 2.49. The third-order valence-electron chi connectivity index (χ3n) is 2.72. The van der Waals surface area contributed by atoms with E-state index in [2.05, 4.69) is 0 Å². The van der Waals surface area contributed by atoms with Crippen LogP contribution >= 0.6 is 11.6 Å². The molecular weight excluding hydrogens is 268 g/mol. The summed E-state index contributed by atoms with van der Waals surface area (Å²) in [5.74, 6) is 0. The number of halogens is 1. The summed E-state index contributed by atoms with van der Waals surface area (Å²) in [6.45, 7) is -0.579. The van der Waals surface area contributed by atoms with Gasteiger partial charge in [-0.3, -0.25) is 14.3 Å². The maximum atomic E-state index is 11.6. The summed E-state index contributed by atoms with van der Waals surface area (Å²) in [6.07, 6.45) is -3.19. The van der Waals surface area contributed by atoms with Crippen LogP contribution in [0, 0.1) is 0 Å². The first-order chi connectivity index (χ1) is 8.40. The molecule has 9 heteroatoms. The van der Waals surface area contributed by atoms with Gasteiger partial charge in [-0.25, -0.2) is 4.79 Å². The number of aromatic amines is 1. The van der Waals surface area contributed by atoms with Crippen LogP contribution in [0.4, 0.5) is 0 Å². The standard InChI is InChI=1S/C9H11ClN2O6/c10-9(7(16)6(15)4(3-13)18-9)12-2-1-5(14)11-8(12)17/h1-2,4,6-7,13,15-16H,3H2,(H,11,14,17)/t4-,6-,7-,9+/m1/s1. The molecule has 0 radical (unpaired) electrons. The smallest absolute Gasteiger partial charge is 0.331 e. The van der Waals surface area contributed by atoms with Crippen LogP contribution in [0.15, 0.2) is 21.9 Å². The van der Waals surface area contributed by atoms with E-state index < -0.39 is 41.4 Å². The van der Waals surface area contributed by atoms with Gasteiger partial charge in [-0.15, -0.1) is 0 Å². The number of H-pyrrole nitrogens is 1. The minimum Gasteiger partial charge on any atom is -0.394 e. The monoisotopic (exact) mass is 278 g/mol. The van der Waals surface area contributed by atoms with Gasteiger partial charge in [0.05, 0.1) is 6.61 Å². The van der Waals surface area contributed by atoms with E-state index in [1.54, 1.807) is 0 Å². The highest BCUT2D eigenvalue weighted by Gasteiger charge is 2.55. The van der Waals surface area contributed by atoms with Crippen molar-refractivity contribution in [3.8, 4) is 0 Å². The molecule has 1 aromatic rings. The molecule has 1 aromatic heterocycles. The van der Waals surface area contributed by atoms with Crippen LogP contribution in [0.3, 0.4) is 0 Å². The molecule has 1 fully saturated rings. The highest BCUT2D eigenvalue weighted by molar-refractivity contribution is 6.21. The maximum absolute atomic E-state index is 11.6. The van der Waals surface area contributed by atoms with Gasteiger partial charge in [-0.1, -0.05) is 11.6 Å². The van der Waals surface area contributed by atoms with Crippen molar-refractivity contribution < 1.29 is 20.1 Å². The van der Waals surface area contributed by atoms with Crippen LogP contribution in [0.5, 0.6) is 0 Å². The van der Waals surface area contributed by atoms with Gasteiger partial charge in [0.25, 0.3) is 10.7 Å². The van der Waals surface area contributed by atoms with Gasteiger partial charge in [0, 0.05) is 12.3 Å². The molecule has 0 bridgehead atoms. The van der Waals surface area contributed by atoms with Crippen LogP contribution in [0.25, 0.3) is 0 Å². The average Bonchev–Trinajstić information content (AvgIpc) is 2.54. The Morgan fingerprint density at radius 2 is 2.17 bits per heavy atom. The third-order valence-corrected chi connectivity index (χ3v) is 3.21. The fourth-order valence-corrected chi connectivity index (χ4v) is 2.14. The fraction of sp³-hybridized carbons (Fsp3) is 0.556. The van der Waals surface area contributed by atoms with Crippen LogP contribution in [-0.2, 0) is 9.92 Å².